The number of esters is 1. The lowest BCUT2D eigenvalue weighted by molar-refractivity contribution is -0.150. The van der Waals surface area contributed by atoms with Crippen molar-refractivity contribution in [1.29, 1.82) is 0 Å². The Morgan fingerprint density at radius 3 is 2.71 bits per heavy atom. The molecule has 0 aromatic heterocycles. The quantitative estimate of drug-likeness (QED) is 0.453. The second-order valence-electron chi connectivity index (χ2n) is 10.5. The highest BCUT2D eigenvalue weighted by atomic mass is 19.1. The van der Waals surface area contributed by atoms with E-state index < -0.39 is 11.5 Å². The molecule has 1 aliphatic rings. The Hall–Kier alpha value is -2.28. The van der Waals surface area contributed by atoms with Crippen LogP contribution in [0.1, 0.15) is 62.0 Å². The van der Waals surface area contributed by atoms with E-state index in [2.05, 4.69) is 4.90 Å². The molecule has 3 rings (SSSR count). The lowest BCUT2D eigenvalue weighted by Gasteiger charge is -2.28. The normalized spacial score (nSPS) is 18.4. The number of hydrogen-bond acceptors (Lipinski definition) is 5. The minimum atomic E-state index is -0.644. The summed E-state index contributed by atoms with van der Waals surface area (Å²) in [5.41, 5.74) is 3.06. The molecule has 6 heteroatoms. The minimum absolute atomic E-state index is 0.162. The van der Waals surface area contributed by atoms with E-state index in [-0.39, 0.29) is 24.5 Å². The zero-order valence-electron chi connectivity index (χ0n) is 21.7. The van der Waals surface area contributed by atoms with Gasteiger partial charge in [0.1, 0.15) is 5.82 Å². The van der Waals surface area contributed by atoms with E-state index in [1.165, 1.54) is 7.11 Å². The molecule has 1 fully saturated rings. The van der Waals surface area contributed by atoms with Crippen LogP contribution in [0.25, 0.3) is 0 Å². The number of hydrogen-bond donors (Lipinski definition) is 1. The van der Waals surface area contributed by atoms with Crippen LogP contribution in [0.4, 0.5) is 4.39 Å². The number of ether oxygens (including phenoxy) is 2. The molecule has 1 aliphatic heterocycles. The largest absolute Gasteiger partial charge is 0.469 e. The second-order valence-corrected chi connectivity index (χ2v) is 10.5. The Balaban J connectivity index is 1.55. The predicted octanol–water partition coefficient (Wildman–Crippen LogP) is 5.02. The molecule has 1 N–H and O–H groups in total. The van der Waals surface area contributed by atoms with Crippen molar-refractivity contribution in [2.75, 3.05) is 26.8 Å². The first kappa shape index (κ1) is 27.3. The van der Waals surface area contributed by atoms with Gasteiger partial charge in [-0.2, -0.15) is 0 Å². The standard InChI is InChI=1S/C29H40FNO4/c1-20-12-13-22(16-27(20)30)15-24-10-8-14-31(24)18-25(32)19-35-21(2)26-11-7-6-9-23(26)17-29(3,4)28(33)34-5/h6-7,9,11-13,16,21,24-25,32H,8,10,14-15,17-19H2,1-5H3/t21-,24+,25+/m1/s1. The zero-order valence-corrected chi connectivity index (χ0v) is 21.7. The number of benzene rings is 2. The summed E-state index contributed by atoms with van der Waals surface area (Å²) in [5.74, 6) is -0.408. The molecule has 0 saturated carbocycles. The van der Waals surface area contributed by atoms with Crippen LogP contribution in [0.2, 0.25) is 0 Å². The van der Waals surface area contributed by atoms with Crippen molar-refractivity contribution in [1.82, 2.24) is 4.90 Å². The zero-order chi connectivity index (χ0) is 25.6. The van der Waals surface area contributed by atoms with Gasteiger partial charge in [0.15, 0.2) is 0 Å². The molecular weight excluding hydrogens is 445 g/mol. The van der Waals surface area contributed by atoms with Crippen molar-refractivity contribution in [2.24, 2.45) is 5.41 Å². The third-order valence-electron chi connectivity index (χ3n) is 7.05. The number of rotatable bonds is 11. The van der Waals surface area contributed by atoms with Gasteiger partial charge < -0.3 is 14.6 Å². The molecule has 192 valence electrons. The summed E-state index contributed by atoms with van der Waals surface area (Å²) >= 11 is 0. The Morgan fingerprint density at radius 1 is 1.26 bits per heavy atom. The summed E-state index contributed by atoms with van der Waals surface area (Å²) in [6.45, 7) is 9.18. The van der Waals surface area contributed by atoms with Crippen LogP contribution in [-0.4, -0.2) is 54.9 Å². The summed E-state index contributed by atoms with van der Waals surface area (Å²) < 4.78 is 25.0. The van der Waals surface area contributed by atoms with Gasteiger partial charge in [0, 0.05) is 12.6 Å². The number of methoxy groups -OCH3 is 1. The predicted molar refractivity (Wildman–Crippen MR) is 136 cm³/mol. The SMILES string of the molecule is COC(=O)C(C)(C)Cc1ccccc1[C@@H](C)OC[C@@H](O)CN1CCC[C@H]1Cc1ccc(C)c(F)c1. The number of aryl methyl sites for hydroxylation is 1. The first-order valence-electron chi connectivity index (χ1n) is 12.6. The lowest BCUT2D eigenvalue weighted by Crippen LogP contribution is -2.39. The summed E-state index contributed by atoms with van der Waals surface area (Å²) in [6, 6.07) is 13.7. The van der Waals surface area contributed by atoms with Crippen LogP contribution in [0.3, 0.4) is 0 Å². The fraction of sp³-hybridized carbons (Fsp3) is 0.552. The molecule has 0 amide bonds. The van der Waals surface area contributed by atoms with E-state index in [0.29, 0.717) is 24.6 Å². The van der Waals surface area contributed by atoms with E-state index in [1.54, 1.807) is 13.0 Å². The highest BCUT2D eigenvalue weighted by molar-refractivity contribution is 5.76. The number of halogens is 1. The Bertz CT molecular complexity index is 992. The van der Waals surface area contributed by atoms with Gasteiger partial charge in [-0.1, -0.05) is 36.4 Å². The van der Waals surface area contributed by atoms with Gasteiger partial charge in [0.2, 0.25) is 0 Å². The van der Waals surface area contributed by atoms with Crippen LogP contribution in [-0.2, 0) is 27.1 Å². The number of likely N-dealkylation sites (tertiary alicyclic amines) is 1. The van der Waals surface area contributed by atoms with Crippen molar-refractivity contribution in [3.05, 3.63) is 70.5 Å². The van der Waals surface area contributed by atoms with Crippen molar-refractivity contribution in [2.45, 2.75) is 71.6 Å². The third-order valence-corrected chi connectivity index (χ3v) is 7.05. The maximum absolute atomic E-state index is 14.0. The fourth-order valence-corrected chi connectivity index (χ4v) is 4.99. The summed E-state index contributed by atoms with van der Waals surface area (Å²) in [4.78, 5) is 14.5. The molecule has 0 radical (unpaired) electrons. The van der Waals surface area contributed by atoms with Gasteiger partial charge in [0.05, 0.1) is 31.3 Å². The van der Waals surface area contributed by atoms with Gasteiger partial charge >= 0.3 is 5.97 Å². The van der Waals surface area contributed by atoms with Crippen LogP contribution in [0, 0.1) is 18.2 Å². The van der Waals surface area contributed by atoms with Crippen LogP contribution < -0.4 is 0 Å². The van der Waals surface area contributed by atoms with E-state index in [0.717, 1.165) is 42.5 Å². The highest BCUT2D eigenvalue weighted by Gasteiger charge is 2.31. The number of nitrogens with zero attached hydrogens (tertiary/aromatic N) is 1. The van der Waals surface area contributed by atoms with Crippen molar-refractivity contribution < 1.29 is 23.8 Å². The van der Waals surface area contributed by atoms with Crippen LogP contribution >= 0.6 is 0 Å². The highest BCUT2D eigenvalue weighted by Crippen LogP contribution is 2.29. The molecule has 2 aromatic rings. The molecule has 0 bridgehead atoms. The lowest BCUT2D eigenvalue weighted by atomic mass is 9.83. The monoisotopic (exact) mass is 485 g/mol. The molecule has 35 heavy (non-hydrogen) atoms. The van der Waals surface area contributed by atoms with Crippen LogP contribution in [0.15, 0.2) is 42.5 Å². The Labute approximate surface area is 209 Å². The average Bonchev–Trinajstić information content (AvgIpc) is 3.25. The Morgan fingerprint density at radius 2 is 2.00 bits per heavy atom. The van der Waals surface area contributed by atoms with E-state index in [4.69, 9.17) is 9.47 Å². The van der Waals surface area contributed by atoms with E-state index in [9.17, 15) is 14.3 Å². The fourth-order valence-electron chi connectivity index (χ4n) is 4.99. The van der Waals surface area contributed by atoms with Crippen LogP contribution in [0.5, 0.6) is 0 Å². The summed E-state index contributed by atoms with van der Waals surface area (Å²) in [6.07, 6.45) is 2.60. The second kappa shape index (κ2) is 12.1. The van der Waals surface area contributed by atoms with Gasteiger partial charge in [-0.3, -0.25) is 9.69 Å². The number of carbonyl (C=O) groups is 1. The first-order chi connectivity index (χ1) is 16.6. The maximum Gasteiger partial charge on any atom is 0.311 e. The molecule has 3 atom stereocenters. The molecule has 0 unspecified atom stereocenters. The Kier molecular flexibility index (Phi) is 9.45. The molecular formula is C29H40FNO4. The number of aliphatic hydroxyl groups excluding tert-OH is 1. The summed E-state index contributed by atoms with van der Waals surface area (Å²) in [7, 11) is 1.41. The molecule has 2 aromatic carbocycles. The van der Waals surface area contributed by atoms with Gasteiger partial charge in [-0.05, 0) is 88.2 Å². The van der Waals surface area contributed by atoms with Gasteiger partial charge in [-0.15, -0.1) is 0 Å². The molecule has 1 saturated heterocycles. The smallest absolute Gasteiger partial charge is 0.311 e. The van der Waals surface area contributed by atoms with Crippen molar-refractivity contribution in [3.63, 3.8) is 0 Å². The maximum atomic E-state index is 14.0. The first-order valence-corrected chi connectivity index (χ1v) is 12.6. The van der Waals surface area contributed by atoms with Crippen molar-refractivity contribution in [3.8, 4) is 0 Å². The molecule has 5 nitrogen and oxygen atoms in total. The molecule has 0 spiro atoms. The van der Waals surface area contributed by atoms with E-state index in [1.807, 2.05) is 57.2 Å². The average molecular weight is 486 g/mol. The minimum Gasteiger partial charge on any atom is -0.469 e. The van der Waals surface area contributed by atoms with Gasteiger partial charge in [0.25, 0.3) is 0 Å². The summed E-state index contributed by atoms with van der Waals surface area (Å²) in [5, 5.41) is 10.7. The van der Waals surface area contributed by atoms with Crippen molar-refractivity contribution >= 4 is 5.97 Å². The van der Waals surface area contributed by atoms with E-state index >= 15 is 0 Å². The topological polar surface area (TPSA) is 59.0 Å². The number of carbonyl (C=O) groups excluding carboxylic acids is 1. The molecule has 0 aliphatic carbocycles. The number of aliphatic hydroxyl groups is 1. The molecule has 1 heterocycles. The third kappa shape index (κ3) is 7.35. The van der Waals surface area contributed by atoms with Gasteiger partial charge in [-0.25, -0.2) is 4.39 Å². The number of β-amino-alcohol motifs (C(OH)–C–C–N with tert-alkyl or cyclic N) is 1.